The Morgan fingerprint density at radius 3 is 2.68 bits per heavy atom. The van der Waals surface area contributed by atoms with Crippen molar-refractivity contribution in [3.8, 4) is 11.3 Å². The molecule has 3 rings (SSSR count). The number of amides is 1. The summed E-state index contributed by atoms with van der Waals surface area (Å²) in [6.45, 7) is 4.32. The summed E-state index contributed by atoms with van der Waals surface area (Å²) in [4.78, 5) is 18.9. The summed E-state index contributed by atoms with van der Waals surface area (Å²) in [5.41, 5.74) is 7.51. The Morgan fingerprint density at radius 1 is 1.41 bits per heavy atom. The van der Waals surface area contributed by atoms with E-state index in [4.69, 9.17) is 5.73 Å². The highest BCUT2D eigenvalue weighted by molar-refractivity contribution is 8.00. The van der Waals surface area contributed by atoms with Crippen LogP contribution >= 0.6 is 23.1 Å². The monoisotopic (exact) mass is 337 g/mol. The van der Waals surface area contributed by atoms with Crippen LogP contribution in [0.5, 0.6) is 0 Å². The molecule has 4 nitrogen and oxygen atoms in total. The molecule has 1 amide bonds. The fraction of sp³-hybridized carbons (Fsp3) is 0.333. The average molecular weight is 337 g/mol. The molecule has 1 aliphatic rings. The summed E-state index contributed by atoms with van der Waals surface area (Å²) in [5.74, 6) is 0.400. The molecule has 1 aromatic carbocycles. The first-order chi connectivity index (χ1) is 10.4. The van der Waals surface area contributed by atoms with Gasteiger partial charge in [-0.2, -0.15) is 0 Å². The number of hydrogen-bond donors (Lipinski definition) is 1. The van der Waals surface area contributed by atoms with E-state index >= 15 is 0 Å². The number of thioether (sulfide) groups is 1. The summed E-state index contributed by atoms with van der Waals surface area (Å²) in [5, 5.41) is 0.799. The molecule has 7 heteroatoms. The first kappa shape index (κ1) is 15.5. The third-order valence-electron chi connectivity index (χ3n) is 3.54. The van der Waals surface area contributed by atoms with E-state index in [1.807, 2.05) is 13.8 Å². The van der Waals surface area contributed by atoms with Gasteiger partial charge in [0.05, 0.1) is 10.7 Å². The number of nitrogens with two attached hydrogens (primary N) is 1. The Morgan fingerprint density at radius 2 is 2.09 bits per heavy atom. The van der Waals surface area contributed by atoms with Crippen LogP contribution in [0.15, 0.2) is 24.3 Å². The number of hydrogen-bond acceptors (Lipinski definition) is 5. The summed E-state index contributed by atoms with van der Waals surface area (Å²) in [7, 11) is 0. The number of thiazole rings is 1. The molecule has 22 heavy (non-hydrogen) atoms. The van der Waals surface area contributed by atoms with Gasteiger partial charge in [0.25, 0.3) is 5.91 Å². The van der Waals surface area contributed by atoms with Crippen LogP contribution in [0.1, 0.15) is 21.6 Å². The van der Waals surface area contributed by atoms with Gasteiger partial charge in [-0.05, 0) is 38.1 Å². The van der Waals surface area contributed by atoms with Crippen molar-refractivity contribution >= 4 is 29.0 Å². The average Bonchev–Trinajstić information content (AvgIpc) is 3.01. The molecule has 0 spiro atoms. The normalized spacial score (nSPS) is 21.4. The van der Waals surface area contributed by atoms with E-state index in [0.29, 0.717) is 17.1 Å². The smallest absolute Gasteiger partial charge is 0.268 e. The minimum absolute atomic E-state index is 0.111. The van der Waals surface area contributed by atoms with Gasteiger partial charge >= 0.3 is 0 Å². The summed E-state index contributed by atoms with van der Waals surface area (Å²) in [6, 6.07) is 6.02. The molecule has 2 heterocycles. The van der Waals surface area contributed by atoms with Gasteiger partial charge < -0.3 is 10.6 Å². The zero-order valence-corrected chi connectivity index (χ0v) is 13.9. The number of halogens is 1. The molecule has 1 saturated heterocycles. The maximum absolute atomic E-state index is 13.1. The van der Waals surface area contributed by atoms with Crippen LogP contribution in [0.2, 0.25) is 0 Å². The van der Waals surface area contributed by atoms with E-state index < -0.39 is 4.99 Å². The predicted molar refractivity (Wildman–Crippen MR) is 88.3 cm³/mol. The first-order valence-corrected chi connectivity index (χ1v) is 8.67. The fourth-order valence-electron chi connectivity index (χ4n) is 2.44. The van der Waals surface area contributed by atoms with Crippen LogP contribution in [0, 0.1) is 12.7 Å². The number of carbonyl (C=O) groups is 1. The first-order valence-electron chi connectivity index (χ1n) is 6.86. The summed E-state index contributed by atoms with van der Waals surface area (Å²) >= 11 is 2.91. The minimum atomic E-state index is -0.699. The lowest BCUT2D eigenvalue weighted by atomic mass is 10.1. The minimum Gasteiger partial charge on any atom is -0.310 e. The Labute approximate surface area is 136 Å². The van der Waals surface area contributed by atoms with E-state index in [1.54, 1.807) is 28.8 Å². The van der Waals surface area contributed by atoms with Crippen molar-refractivity contribution < 1.29 is 9.18 Å². The van der Waals surface area contributed by atoms with Crippen molar-refractivity contribution in [1.82, 2.24) is 9.88 Å². The van der Waals surface area contributed by atoms with E-state index in [9.17, 15) is 9.18 Å². The molecule has 1 fully saturated rings. The molecule has 1 aliphatic heterocycles. The second-order valence-corrected chi connectivity index (χ2v) is 8.00. The van der Waals surface area contributed by atoms with E-state index in [-0.39, 0.29) is 11.7 Å². The Balaban J connectivity index is 2.01. The van der Waals surface area contributed by atoms with Crippen LogP contribution in [0.3, 0.4) is 0 Å². The van der Waals surface area contributed by atoms with E-state index in [1.165, 1.54) is 23.5 Å². The third-order valence-corrected chi connectivity index (χ3v) is 5.69. The molecular weight excluding hydrogens is 321 g/mol. The summed E-state index contributed by atoms with van der Waals surface area (Å²) in [6.07, 6.45) is 0. The molecule has 0 saturated carbocycles. The zero-order chi connectivity index (χ0) is 15.9. The van der Waals surface area contributed by atoms with Crippen molar-refractivity contribution in [3.63, 3.8) is 0 Å². The van der Waals surface area contributed by atoms with Crippen molar-refractivity contribution in [3.05, 3.63) is 40.0 Å². The van der Waals surface area contributed by atoms with Crippen molar-refractivity contribution in [2.75, 3.05) is 12.3 Å². The lowest BCUT2D eigenvalue weighted by Crippen LogP contribution is -2.50. The van der Waals surface area contributed by atoms with Crippen LogP contribution in [0.4, 0.5) is 4.39 Å². The van der Waals surface area contributed by atoms with E-state index in [2.05, 4.69) is 4.98 Å². The highest BCUT2D eigenvalue weighted by atomic mass is 32.2. The van der Waals surface area contributed by atoms with Gasteiger partial charge in [-0.1, -0.05) is 0 Å². The van der Waals surface area contributed by atoms with Crippen molar-refractivity contribution in [1.29, 1.82) is 0 Å². The quantitative estimate of drug-likeness (QED) is 0.915. The van der Waals surface area contributed by atoms with Crippen molar-refractivity contribution in [2.45, 2.75) is 18.8 Å². The largest absolute Gasteiger partial charge is 0.310 e. The molecule has 116 valence electrons. The maximum atomic E-state index is 13.1. The number of rotatable bonds is 2. The standard InChI is InChI=1S/C15H16FN3OS2/c1-9-18-12(10-3-5-11(16)6-4-10)13(22-9)14(20)19-7-8-21-15(19,2)17/h3-6H,7-8,17H2,1-2H3. The SMILES string of the molecule is Cc1nc(-c2ccc(F)cc2)c(C(=O)N2CCSC2(C)N)s1. The highest BCUT2D eigenvalue weighted by Crippen LogP contribution is 2.35. The molecule has 0 radical (unpaired) electrons. The highest BCUT2D eigenvalue weighted by Gasteiger charge is 2.39. The fourth-order valence-corrected chi connectivity index (χ4v) is 4.35. The molecule has 2 N–H and O–H groups in total. The van der Waals surface area contributed by atoms with Gasteiger partial charge in [0.1, 0.15) is 15.7 Å². The van der Waals surface area contributed by atoms with Gasteiger partial charge in [-0.3, -0.25) is 4.79 Å². The maximum Gasteiger partial charge on any atom is 0.268 e. The lowest BCUT2D eigenvalue weighted by molar-refractivity contribution is 0.0703. The van der Waals surface area contributed by atoms with Gasteiger partial charge in [0, 0.05) is 17.9 Å². The number of nitrogens with zero attached hydrogens (tertiary/aromatic N) is 2. The molecule has 0 aliphatic carbocycles. The lowest BCUT2D eigenvalue weighted by Gasteiger charge is -2.29. The Bertz CT molecular complexity index is 712. The molecular formula is C15H16FN3OS2. The van der Waals surface area contributed by atoms with Gasteiger partial charge in [-0.25, -0.2) is 9.37 Å². The molecule has 1 unspecified atom stereocenters. The van der Waals surface area contributed by atoms with Crippen LogP contribution in [0.25, 0.3) is 11.3 Å². The van der Waals surface area contributed by atoms with Gasteiger partial charge in [0.2, 0.25) is 0 Å². The Kier molecular flexibility index (Phi) is 3.96. The van der Waals surface area contributed by atoms with Crippen LogP contribution in [-0.2, 0) is 0 Å². The number of benzene rings is 1. The summed E-state index contributed by atoms with van der Waals surface area (Å²) < 4.78 is 13.1. The zero-order valence-electron chi connectivity index (χ0n) is 12.3. The molecule has 0 bridgehead atoms. The number of aromatic nitrogens is 1. The second kappa shape index (κ2) is 5.64. The number of aryl methyl sites for hydroxylation is 1. The van der Waals surface area contributed by atoms with Crippen LogP contribution < -0.4 is 5.73 Å². The van der Waals surface area contributed by atoms with E-state index in [0.717, 1.165) is 16.3 Å². The second-order valence-electron chi connectivity index (χ2n) is 5.28. The van der Waals surface area contributed by atoms with Crippen LogP contribution in [-0.4, -0.2) is 33.1 Å². The molecule has 1 atom stereocenters. The predicted octanol–water partition coefficient (Wildman–Crippen LogP) is 3.08. The Hall–Kier alpha value is -1.44. The third kappa shape index (κ3) is 2.76. The van der Waals surface area contributed by atoms with Gasteiger partial charge in [-0.15, -0.1) is 23.1 Å². The topological polar surface area (TPSA) is 59.2 Å². The van der Waals surface area contributed by atoms with Crippen molar-refractivity contribution in [2.24, 2.45) is 5.73 Å². The molecule has 2 aromatic rings. The van der Waals surface area contributed by atoms with Gasteiger partial charge in [0.15, 0.2) is 0 Å². The molecule has 1 aromatic heterocycles. The number of carbonyl (C=O) groups excluding carboxylic acids is 1.